The molecule has 1 aromatic rings. The zero-order valence-corrected chi connectivity index (χ0v) is 13.8. The van der Waals surface area contributed by atoms with Gasteiger partial charge in [0.1, 0.15) is 0 Å². The molecule has 0 radical (unpaired) electrons. The lowest BCUT2D eigenvalue weighted by Gasteiger charge is -2.37. The number of aromatic nitrogens is 1. The Morgan fingerprint density at radius 3 is 2.90 bits per heavy atom. The Hall–Kier alpha value is -0.890. The standard InChI is InChI=1S/C14H25N3O3S/c1-4-5-15-9-12-8-13(10-16-12)21(18,19)17-6-7-20-14(2,3)11-17/h8,10,15-16H,4-7,9,11H2,1-3H3. The Morgan fingerprint density at radius 2 is 2.24 bits per heavy atom. The van der Waals surface area contributed by atoms with Crippen LogP contribution in [0.4, 0.5) is 0 Å². The number of morpholine rings is 1. The molecule has 0 unspecified atom stereocenters. The maximum absolute atomic E-state index is 12.6. The molecule has 1 aromatic heterocycles. The molecular formula is C14H25N3O3S. The summed E-state index contributed by atoms with van der Waals surface area (Å²) in [6, 6.07) is 1.71. The van der Waals surface area contributed by atoms with Crippen LogP contribution in [0.5, 0.6) is 0 Å². The zero-order chi connectivity index (χ0) is 15.5. The van der Waals surface area contributed by atoms with Gasteiger partial charge in [-0.1, -0.05) is 6.92 Å². The number of aromatic amines is 1. The Kier molecular flexibility index (Phi) is 5.08. The molecule has 1 aliphatic rings. The molecule has 2 N–H and O–H groups in total. The number of hydrogen-bond acceptors (Lipinski definition) is 4. The summed E-state index contributed by atoms with van der Waals surface area (Å²) in [6.45, 7) is 8.69. The van der Waals surface area contributed by atoms with Gasteiger partial charge in [-0.05, 0) is 32.9 Å². The third kappa shape index (κ3) is 4.06. The summed E-state index contributed by atoms with van der Waals surface area (Å²) in [6.07, 6.45) is 2.62. The average Bonchev–Trinajstić information content (AvgIpc) is 2.87. The number of H-pyrrole nitrogens is 1. The molecule has 0 saturated carbocycles. The molecule has 0 aliphatic carbocycles. The van der Waals surface area contributed by atoms with Crippen molar-refractivity contribution in [1.82, 2.24) is 14.6 Å². The van der Waals surface area contributed by atoms with E-state index in [0.29, 0.717) is 31.1 Å². The van der Waals surface area contributed by atoms with Gasteiger partial charge in [-0.15, -0.1) is 0 Å². The van der Waals surface area contributed by atoms with E-state index in [1.165, 1.54) is 4.31 Å². The van der Waals surface area contributed by atoms with Gasteiger partial charge in [0, 0.05) is 31.5 Å². The predicted molar refractivity (Wildman–Crippen MR) is 81.6 cm³/mol. The lowest BCUT2D eigenvalue weighted by molar-refractivity contribution is -0.0640. The fourth-order valence-corrected chi connectivity index (χ4v) is 3.99. The van der Waals surface area contributed by atoms with Crippen LogP contribution >= 0.6 is 0 Å². The van der Waals surface area contributed by atoms with Crippen LogP contribution in [0, 0.1) is 0 Å². The first kappa shape index (κ1) is 16.5. The normalized spacial score (nSPS) is 19.8. The molecular weight excluding hydrogens is 290 g/mol. The minimum Gasteiger partial charge on any atom is -0.373 e. The van der Waals surface area contributed by atoms with Crippen LogP contribution in [0.1, 0.15) is 32.9 Å². The van der Waals surface area contributed by atoms with Gasteiger partial charge < -0.3 is 15.0 Å². The van der Waals surface area contributed by atoms with Crippen molar-refractivity contribution in [2.75, 3.05) is 26.2 Å². The third-order valence-electron chi connectivity index (χ3n) is 3.49. The highest BCUT2D eigenvalue weighted by molar-refractivity contribution is 7.89. The van der Waals surface area contributed by atoms with Gasteiger partial charge >= 0.3 is 0 Å². The second-order valence-electron chi connectivity index (χ2n) is 5.98. The zero-order valence-electron chi connectivity index (χ0n) is 13.0. The van der Waals surface area contributed by atoms with E-state index in [0.717, 1.165) is 18.7 Å². The van der Waals surface area contributed by atoms with Crippen molar-refractivity contribution in [2.24, 2.45) is 0 Å². The lowest BCUT2D eigenvalue weighted by Crippen LogP contribution is -2.50. The van der Waals surface area contributed by atoms with Gasteiger partial charge in [0.15, 0.2) is 0 Å². The summed E-state index contributed by atoms with van der Waals surface area (Å²) >= 11 is 0. The van der Waals surface area contributed by atoms with Gasteiger partial charge in [-0.2, -0.15) is 4.31 Å². The molecule has 0 spiro atoms. The van der Waals surface area contributed by atoms with E-state index in [4.69, 9.17) is 4.74 Å². The van der Waals surface area contributed by atoms with E-state index >= 15 is 0 Å². The number of ether oxygens (including phenoxy) is 1. The van der Waals surface area contributed by atoms with Crippen LogP contribution in [0.2, 0.25) is 0 Å². The van der Waals surface area contributed by atoms with Crippen LogP contribution < -0.4 is 5.32 Å². The molecule has 7 heteroatoms. The first-order valence-corrected chi connectivity index (χ1v) is 8.81. The Balaban J connectivity index is 2.09. The largest absolute Gasteiger partial charge is 0.373 e. The highest BCUT2D eigenvalue weighted by atomic mass is 32.2. The molecule has 0 aromatic carbocycles. The van der Waals surface area contributed by atoms with E-state index in [-0.39, 0.29) is 0 Å². The van der Waals surface area contributed by atoms with E-state index in [1.54, 1.807) is 12.3 Å². The maximum atomic E-state index is 12.6. The fraction of sp³-hybridized carbons (Fsp3) is 0.714. The van der Waals surface area contributed by atoms with Crippen LogP contribution in [-0.2, 0) is 21.3 Å². The van der Waals surface area contributed by atoms with Crippen molar-refractivity contribution in [2.45, 2.75) is 44.2 Å². The minimum atomic E-state index is -3.45. The molecule has 1 aliphatic heterocycles. The summed E-state index contributed by atoms with van der Waals surface area (Å²) in [5.41, 5.74) is 0.446. The van der Waals surface area contributed by atoms with Crippen LogP contribution in [0.15, 0.2) is 17.2 Å². The minimum absolute atomic E-state index is 0.327. The SMILES string of the molecule is CCCNCc1cc(S(=O)(=O)N2CCOC(C)(C)C2)c[nH]1. The maximum Gasteiger partial charge on any atom is 0.244 e. The number of sulfonamides is 1. The molecule has 120 valence electrons. The first-order chi connectivity index (χ1) is 9.85. The van der Waals surface area contributed by atoms with Gasteiger partial charge in [0.25, 0.3) is 0 Å². The predicted octanol–water partition coefficient (Wildman–Crippen LogP) is 1.31. The molecule has 2 rings (SSSR count). The van der Waals surface area contributed by atoms with Crippen LogP contribution in [-0.4, -0.2) is 49.5 Å². The second kappa shape index (κ2) is 6.48. The molecule has 1 saturated heterocycles. The summed E-state index contributed by atoms with van der Waals surface area (Å²) in [5, 5.41) is 3.25. The smallest absolute Gasteiger partial charge is 0.244 e. The topological polar surface area (TPSA) is 74.4 Å². The molecule has 0 bridgehead atoms. The average molecular weight is 315 g/mol. The summed E-state index contributed by atoms with van der Waals surface area (Å²) < 4.78 is 32.4. The van der Waals surface area contributed by atoms with E-state index in [2.05, 4.69) is 17.2 Å². The Morgan fingerprint density at radius 1 is 1.48 bits per heavy atom. The molecule has 6 nitrogen and oxygen atoms in total. The molecule has 0 amide bonds. The molecule has 1 fully saturated rings. The van der Waals surface area contributed by atoms with Gasteiger partial charge in [-0.3, -0.25) is 0 Å². The summed E-state index contributed by atoms with van der Waals surface area (Å²) in [4.78, 5) is 3.36. The van der Waals surface area contributed by atoms with E-state index < -0.39 is 15.6 Å². The Labute approximate surface area is 126 Å². The number of hydrogen-bond donors (Lipinski definition) is 2. The summed E-state index contributed by atoms with van der Waals surface area (Å²) in [5.74, 6) is 0. The lowest BCUT2D eigenvalue weighted by atomic mass is 10.1. The van der Waals surface area contributed by atoms with Crippen molar-refractivity contribution in [3.05, 3.63) is 18.0 Å². The van der Waals surface area contributed by atoms with Crippen molar-refractivity contribution in [1.29, 1.82) is 0 Å². The van der Waals surface area contributed by atoms with Gasteiger partial charge in [-0.25, -0.2) is 8.42 Å². The molecule has 21 heavy (non-hydrogen) atoms. The van der Waals surface area contributed by atoms with E-state index in [9.17, 15) is 8.42 Å². The summed E-state index contributed by atoms with van der Waals surface area (Å²) in [7, 11) is -3.45. The van der Waals surface area contributed by atoms with Crippen molar-refractivity contribution < 1.29 is 13.2 Å². The van der Waals surface area contributed by atoms with Crippen molar-refractivity contribution in [3.8, 4) is 0 Å². The quantitative estimate of drug-likeness (QED) is 0.776. The van der Waals surface area contributed by atoms with E-state index in [1.807, 2.05) is 13.8 Å². The van der Waals surface area contributed by atoms with Gasteiger partial charge in [0.2, 0.25) is 10.0 Å². The van der Waals surface area contributed by atoms with Crippen molar-refractivity contribution in [3.63, 3.8) is 0 Å². The highest BCUT2D eigenvalue weighted by Crippen LogP contribution is 2.23. The molecule has 0 atom stereocenters. The fourth-order valence-electron chi connectivity index (χ4n) is 2.40. The third-order valence-corrected chi connectivity index (χ3v) is 5.31. The first-order valence-electron chi connectivity index (χ1n) is 7.37. The number of nitrogens with one attached hydrogen (secondary N) is 2. The number of nitrogens with zero attached hydrogens (tertiary/aromatic N) is 1. The van der Waals surface area contributed by atoms with Crippen molar-refractivity contribution >= 4 is 10.0 Å². The highest BCUT2D eigenvalue weighted by Gasteiger charge is 2.35. The monoisotopic (exact) mass is 315 g/mol. The molecule has 2 heterocycles. The number of rotatable bonds is 6. The second-order valence-corrected chi connectivity index (χ2v) is 7.92. The Bertz CT molecular complexity index is 566. The van der Waals surface area contributed by atoms with Gasteiger partial charge in [0.05, 0.1) is 17.1 Å². The van der Waals surface area contributed by atoms with Crippen LogP contribution in [0.3, 0.4) is 0 Å². The van der Waals surface area contributed by atoms with Crippen LogP contribution in [0.25, 0.3) is 0 Å².